The Labute approximate surface area is 194 Å². The molecule has 3 aliphatic carbocycles. The molecule has 0 heterocycles. The number of halogens is 1. The number of nitrogens with two attached hydrogens (primary N) is 2. The molecule has 0 saturated heterocycles. The van der Waals surface area contributed by atoms with Crippen LogP contribution in [0, 0.1) is 24.7 Å². The van der Waals surface area contributed by atoms with Crippen LogP contribution < -0.4 is 11.5 Å². The normalized spacial score (nSPS) is 34.0. The highest BCUT2D eigenvalue weighted by Crippen LogP contribution is 2.50. The van der Waals surface area contributed by atoms with E-state index in [-0.39, 0.29) is 35.8 Å². The molecule has 4 rings (SSSR count). The Morgan fingerprint density at radius 1 is 1.33 bits per heavy atom. The fourth-order valence-corrected chi connectivity index (χ4v) is 5.70. The lowest BCUT2D eigenvalue weighted by Crippen LogP contribution is -2.73. The van der Waals surface area contributed by atoms with E-state index in [1.165, 1.54) is 0 Å². The molecule has 0 spiro atoms. The van der Waals surface area contributed by atoms with Crippen molar-refractivity contribution in [3.05, 3.63) is 45.0 Å². The molecule has 176 valence electrons. The number of hydrogen-bond donors (Lipinski definition) is 6. The Kier molecular flexibility index (Phi) is 5.74. The third kappa shape index (κ3) is 3.26. The van der Waals surface area contributed by atoms with Gasteiger partial charge in [-0.05, 0) is 48.4 Å². The summed E-state index contributed by atoms with van der Waals surface area (Å²) in [5, 5.41) is 42.4. The number of hydrogen-bond acceptors (Lipinski definition) is 8. The zero-order chi connectivity index (χ0) is 24.4. The maximum atomic E-state index is 13.5. The number of aliphatic hydroxyl groups excluding tert-OH is 3. The second kappa shape index (κ2) is 8.03. The van der Waals surface area contributed by atoms with Crippen molar-refractivity contribution >= 4 is 40.9 Å². The third-order valence-corrected chi connectivity index (χ3v) is 7.43. The SMILES string of the molecule is Cc1ccc(/C=C(\Cl)CO)c2c1C(O)=C1C(=O)[C@]3(O)C(=O)C(C(N)=O)C(O)[C@@H](N)C3CC1C2. The third-order valence-electron chi connectivity index (χ3n) is 7.20. The van der Waals surface area contributed by atoms with Gasteiger partial charge in [0.2, 0.25) is 11.7 Å². The van der Waals surface area contributed by atoms with Gasteiger partial charge in [-0.3, -0.25) is 14.4 Å². The molecule has 8 N–H and O–H groups in total. The lowest BCUT2D eigenvalue weighted by atomic mass is 9.54. The van der Waals surface area contributed by atoms with Crippen LogP contribution in [0.15, 0.2) is 22.7 Å². The number of ketones is 2. The molecule has 1 aromatic carbocycles. The maximum absolute atomic E-state index is 13.5. The van der Waals surface area contributed by atoms with E-state index in [1.54, 1.807) is 25.1 Å². The number of rotatable bonds is 3. The van der Waals surface area contributed by atoms with Crippen LogP contribution in [0.5, 0.6) is 0 Å². The van der Waals surface area contributed by atoms with E-state index in [2.05, 4.69) is 0 Å². The van der Waals surface area contributed by atoms with Crippen LogP contribution >= 0.6 is 11.6 Å². The molecule has 4 unspecified atom stereocenters. The van der Waals surface area contributed by atoms with Crippen LogP contribution in [-0.4, -0.2) is 62.3 Å². The van der Waals surface area contributed by atoms with Crippen molar-refractivity contribution in [2.24, 2.45) is 29.2 Å². The van der Waals surface area contributed by atoms with Crippen LogP contribution in [0.25, 0.3) is 11.8 Å². The second-order valence-corrected chi connectivity index (χ2v) is 9.47. The van der Waals surface area contributed by atoms with Crippen molar-refractivity contribution in [3.8, 4) is 0 Å². The van der Waals surface area contributed by atoms with Gasteiger partial charge < -0.3 is 31.9 Å². The molecular weight excluding hydrogens is 452 g/mol. The van der Waals surface area contributed by atoms with Crippen molar-refractivity contribution in [1.82, 2.24) is 0 Å². The number of carbonyl (C=O) groups excluding carboxylic acids is 3. The van der Waals surface area contributed by atoms with Gasteiger partial charge >= 0.3 is 0 Å². The fraction of sp³-hybridized carbons (Fsp3) is 0.435. The van der Waals surface area contributed by atoms with Gasteiger partial charge in [-0.2, -0.15) is 0 Å². The molecule has 0 bridgehead atoms. The monoisotopic (exact) mass is 476 g/mol. The molecule has 0 aliphatic heterocycles. The standard InChI is InChI=1S/C23H25ClN2O7/c1-8-2-3-9(4-11(24)7-27)12-5-10-6-13-17(25)19(29)16(22(26)32)21(31)23(13,33)20(30)15(10)18(28)14(8)12/h2-4,10,13,16-17,19,27-29,33H,5-7,25H2,1H3,(H2,26,32)/b11-4-/t10?,13?,16?,17-,19?,23-/m0/s1. The van der Waals surface area contributed by atoms with Gasteiger partial charge in [0.25, 0.3) is 0 Å². The molecule has 2 saturated carbocycles. The first kappa shape index (κ1) is 23.6. The quantitative estimate of drug-likeness (QED) is 0.321. The number of amides is 1. The van der Waals surface area contributed by atoms with E-state index in [0.29, 0.717) is 22.3 Å². The summed E-state index contributed by atoms with van der Waals surface area (Å²) in [5.41, 5.74) is 10.9. The van der Waals surface area contributed by atoms with E-state index < -0.39 is 53.0 Å². The Morgan fingerprint density at radius 3 is 2.61 bits per heavy atom. The van der Waals surface area contributed by atoms with Gasteiger partial charge in [0, 0.05) is 28.1 Å². The minimum Gasteiger partial charge on any atom is -0.507 e. The number of aryl methyl sites for hydroxylation is 1. The molecule has 1 amide bonds. The number of fused-ring (bicyclic) bond motifs is 3. The first-order chi connectivity index (χ1) is 15.4. The van der Waals surface area contributed by atoms with Gasteiger partial charge in [0.15, 0.2) is 11.4 Å². The van der Waals surface area contributed by atoms with E-state index in [4.69, 9.17) is 23.1 Å². The predicted molar refractivity (Wildman–Crippen MR) is 119 cm³/mol. The van der Waals surface area contributed by atoms with Gasteiger partial charge in [0.1, 0.15) is 11.7 Å². The summed E-state index contributed by atoms with van der Waals surface area (Å²) in [6.07, 6.45) is 0.205. The van der Waals surface area contributed by atoms with Gasteiger partial charge in [-0.25, -0.2) is 0 Å². The average molecular weight is 477 g/mol. The predicted octanol–water partition coefficient (Wildman–Crippen LogP) is -0.299. The maximum Gasteiger partial charge on any atom is 0.230 e. The number of benzene rings is 1. The molecule has 0 aromatic heterocycles. The summed E-state index contributed by atoms with van der Waals surface area (Å²) in [5.74, 6) is -7.39. The number of carbonyl (C=O) groups is 3. The van der Waals surface area contributed by atoms with E-state index in [1.807, 2.05) is 0 Å². The summed E-state index contributed by atoms with van der Waals surface area (Å²) in [7, 11) is 0. The zero-order valence-corrected chi connectivity index (χ0v) is 18.5. The van der Waals surface area contributed by atoms with Crippen LogP contribution in [0.2, 0.25) is 0 Å². The number of aliphatic hydroxyl groups is 4. The molecule has 1 aromatic rings. The Bertz CT molecular complexity index is 1140. The van der Waals surface area contributed by atoms with E-state index >= 15 is 0 Å². The first-order valence-electron chi connectivity index (χ1n) is 10.5. The highest BCUT2D eigenvalue weighted by molar-refractivity contribution is 6.31. The zero-order valence-electron chi connectivity index (χ0n) is 17.8. The highest BCUT2D eigenvalue weighted by Gasteiger charge is 2.66. The summed E-state index contributed by atoms with van der Waals surface area (Å²) in [6.45, 7) is 1.37. The topological polar surface area (TPSA) is 184 Å². The lowest BCUT2D eigenvalue weighted by Gasteiger charge is -2.51. The Balaban J connectivity index is 1.90. The van der Waals surface area contributed by atoms with Crippen LogP contribution in [0.4, 0.5) is 0 Å². The summed E-state index contributed by atoms with van der Waals surface area (Å²) >= 11 is 6.01. The minimum absolute atomic E-state index is 0.0152. The molecule has 0 radical (unpaired) electrons. The van der Waals surface area contributed by atoms with Crippen molar-refractivity contribution in [2.45, 2.75) is 37.5 Å². The van der Waals surface area contributed by atoms with Crippen molar-refractivity contribution in [3.63, 3.8) is 0 Å². The van der Waals surface area contributed by atoms with Crippen LogP contribution in [-0.2, 0) is 20.8 Å². The number of Topliss-reactive ketones (excluding diaryl/α,β-unsaturated/α-hetero) is 2. The van der Waals surface area contributed by atoms with Crippen molar-refractivity contribution in [2.75, 3.05) is 6.61 Å². The summed E-state index contributed by atoms with van der Waals surface area (Å²) in [4.78, 5) is 38.4. The van der Waals surface area contributed by atoms with E-state index in [0.717, 1.165) is 0 Å². The highest BCUT2D eigenvalue weighted by atomic mass is 35.5. The average Bonchev–Trinajstić information content (AvgIpc) is 2.75. The Hall–Kier alpha value is -2.56. The molecule has 3 aliphatic rings. The number of primary amides is 1. The van der Waals surface area contributed by atoms with Crippen molar-refractivity contribution in [1.29, 1.82) is 0 Å². The first-order valence-corrected chi connectivity index (χ1v) is 10.9. The van der Waals surface area contributed by atoms with Gasteiger partial charge in [-0.15, -0.1) is 0 Å². The summed E-state index contributed by atoms with van der Waals surface area (Å²) < 4.78 is 0. The molecule has 10 heteroatoms. The largest absolute Gasteiger partial charge is 0.507 e. The minimum atomic E-state index is -2.68. The van der Waals surface area contributed by atoms with Crippen molar-refractivity contribution < 1.29 is 34.8 Å². The van der Waals surface area contributed by atoms with Crippen LogP contribution in [0.3, 0.4) is 0 Å². The van der Waals surface area contributed by atoms with Crippen LogP contribution in [0.1, 0.15) is 28.7 Å². The fourth-order valence-electron chi connectivity index (χ4n) is 5.58. The summed E-state index contributed by atoms with van der Waals surface area (Å²) in [6, 6.07) is 2.23. The van der Waals surface area contributed by atoms with E-state index in [9.17, 15) is 34.8 Å². The smallest absolute Gasteiger partial charge is 0.230 e. The molecule has 2 fully saturated rings. The second-order valence-electron chi connectivity index (χ2n) is 8.99. The Morgan fingerprint density at radius 2 is 2.00 bits per heavy atom. The molecule has 33 heavy (non-hydrogen) atoms. The van der Waals surface area contributed by atoms with Gasteiger partial charge in [-0.1, -0.05) is 23.7 Å². The molecular formula is C23H25ClN2O7. The molecule has 6 atom stereocenters. The van der Waals surface area contributed by atoms with Gasteiger partial charge in [0.05, 0.1) is 12.7 Å². The molecule has 9 nitrogen and oxygen atoms in total. The lowest BCUT2D eigenvalue weighted by molar-refractivity contribution is -0.177.